The van der Waals surface area contributed by atoms with Crippen molar-refractivity contribution in [2.45, 2.75) is 70.8 Å². The maximum absolute atomic E-state index is 11.9. The number of carbonyl (C=O) groups excluding carboxylic acids is 1. The van der Waals surface area contributed by atoms with Crippen molar-refractivity contribution in [2.75, 3.05) is 6.61 Å². The van der Waals surface area contributed by atoms with Crippen LogP contribution in [0.5, 0.6) is 5.75 Å². The minimum absolute atomic E-state index is 0.00938. The van der Waals surface area contributed by atoms with E-state index in [1.165, 1.54) is 24.8 Å². The van der Waals surface area contributed by atoms with Crippen LogP contribution in [0.15, 0.2) is 24.3 Å². The molecule has 0 atom stereocenters. The average molecular weight is 303 g/mol. The van der Waals surface area contributed by atoms with Crippen LogP contribution in [-0.4, -0.2) is 18.6 Å². The molecule has 0 radical (unpaired) electrons. The smallest absolute Gasteiger partial charge is 0.258 e. The number of ether oxygens (including phenoxy) is 1. The first-order valence-corrected chi connectivity index (χ1v) is 8.54. The lowest BCUT2D eigenvalue weighted by atomic mass is 9.82. The molecule has 0 spiro atoms. The Labute approximate surface area is 134 Å². The fraction of sp³-hybridized carbons (Fsp3) is 0.632. The molecule has 1 amide bonds. The summed E-state index contributed by atoms with van der Waals surface area (Å²) in [6.07, 6.45) is 7.04. The number of benzene rings is 1. The normalized spacial score (nSPS) is 16.3. The van der Waals surface area contributed by atoms with Gasteiger partial charge < -0.3 is 10.1 Å². The predicted octanol–water partition coefficient (Wildman–Crippen LogP) is 4.20. The van der Waals surface area contributed by atoms with Gasteiger partial charge in [-0.15, -0.1) is 0 Å². The summed E-state index contributed by atoms with van der Waals surface area (Å²) in [5.74, 6) is 0.749. The Balaban J connectivity index is 1.80. The minimum atomic E-state index is -0.00938. The highest BCUT2D eigenvalue weighted by Gasteiger charge is 2.18. The first kappa shape index (κ1) is 16.9. The summed E-state index contributed by atoms with van der Waals surface area (Å²) in [5, 5.41) is 3.07. The van der Waals surface area contributed by atoms with Crippen molar-refractivity contribution < 1.29 is 9.53 Å². The van der Waals surface area contributed by atoms with E-state index in [4.69, 9.17) is 4.74 Å². The number of rotatable bonds is 6. The molecule has 0 bridgehead atoms. The molecule has 1 N–H and O–H groups in total. The van der Waals surface area contributed by atoms with E-state index in [0.717, 1.165) is 25.0 Å². The van der Waals surface area contributed by atoms with Crippen LogP contribution in [0, 0.1) is 0 Å². The van der Waals surface area contributed by atoms with Gasteiger partial charge in [0.05, 0.1) is 0 Å². The van der Waals surface area contributed by atoms with Crippen molar-refractivity contribution in [3.63, 3.8) is 0 Å². The Bertz CT molecular complexity index is 473. The zero-order chi connectivity index (χ0) is 16.0. The Morgan fingerprint density at radius 2 is 1.82 bits per heavy atom. The van der Waals surface area contributed by atoms with Crippen molar-refractivity contribution in [3.05, 3.63) is 29.8 Å². The summed E-state index contributed by atoms with van der Waals surface area (Å²) < 4.78 is 5.60. The van der Waals surface area contributed by atoms with E-state index < -0.39 is 0 Å². The molecule has 122 valence electrons. The van der Waals surface area contributed by atoms with E-state index in [2.05, 4.69) is 38.2 Å². The molecule has 0 heterocycles. The first-order valence-electron chi connectivity index (χ1n) is 8.54. The van der Waals surface area contributed by atoms with E-state index in [1.807, 2.05) is 12.1 Å². The van der Waals surface area contributed by atoms with Crippen LogP contribution in [0.1, 0.15) is 64.9 Å². The molecule has 1 fully saturated rings. The molecule has 0 unspecified atom stereocenters. The van der Waals surface area contributed by atoms with Crippen LogP contribution in [0.2, 0.25) is 0 Å². The number of amides is 1. The largest absolute Gasteiger partial charge is 0.484 e. The lowest BCUT2D eigenvalue weighted by Gasteiger charge is -2.24. The Hall–Kier alpha value is -1.51. The third kappa shape index (κ3) is 4.75. The summed E-state index contributed by atoms with van der Waals surface area (Å²) in [5.41, 5.74) is 1.48. The molecule has 1 aromatic rings. The maximum atomic E-state index is 11.9. The number of hydrogen-bond acceptors (Lipinski definition) is 2. The van der Waals surface area contributed by atoms with Gasteiger partial charge in [-0.25, -0.2) is 0 Å². The molecular formula is C19H29NO2. The van der Waals surface area contributed by atoms with Gasteiger partial charge in [0.25, 0.3) is 5.91 Å². The highest BCUT2D eigenvalue weighted by atomic mass is 16.5. The molecule has 1 aliphatic rings. The van der Waals surface area contributed by atoms with Gasteiger partial charge in [-0.05, 0) is 42.4 Å². The number of nitrogens with one attached hydrogen (secondary N) is 1. The summed E-state index contributed by atoms with van der Waals surface area (Å²) in [6.45, 7) is 6.77. The second-order valence-electron chi connectivity index (χ2n) is 6.95. The molecule has 1 saturated carbocycles. The van der Waals surface area contributed by atoms with Crippen LogP contribution in [0.3, 0.4) is 0 Å². The fourth-order valence-electron chi connectivity index (χ4n) is 2.87. The molecule has 3 heteroatoms. The third-order valence-electron chi connectivity index (χ3n) is 4.86. The minimum Gasteiger partial charge on any atom is -0.484 e. The van der Waals surface area contributed by atoms with E-state index in [1.54, 1.807) is 0 Å². The van der Waals surface area contributed by atoms with Gasteiger partial charge in [-0.1, -0.05) is 52.2 Å². The van der Waals surface area contributed by atoms with Gasteiger partial charge in [-0.2, -0.15) is 0 Å². The highest BCUT2D eigenvalue weighted by molar-refractivity contribution is 5.77. The monoisotopic (exact) mass is 303 g/mol. The lowest BCUT2D eigenvalue weighted by Crippen LogP contribution is -2.38. The third-order valence-corrected chi connectivity index (χ3v) is 4.86. The van der Waals surface area contributed by atoms with Crippen molar-refractivity contribution >= 4 is 5.91 Å². The molecule has 0 aliphatic heterocycles. The zero-order valence-electron chi connectivity index (χ0n) is 14.2. The second-order valence-corrected chi connectivity index (χ2v) is 6.95. The average Bonchev–Trinajstić information content (AvgIpc) is 2.54. The van der Waals surface area contributed by atoms with Gasteiger partial charge >= 0.3 is 0 Å². The molecule has 22 heavy (non-hydrogen) atoms. The topological polar surface area (TPSA) is 38.3 Å². The fourth-order valence-corrected chi connectivity index (χ4v) is 2.87. The molecule has 1 aromatic carbocycles. The second kappa shape index (κ2) is 7.66. The van der Waals surface area contributed by atoms with Gasteiger partial charge in [0, 0.05) is 6.04 Å². The van der Waals surface area contributed by atoms with Crippen LogP contribution < -0.4 is 10.1 Å². The highest BCUT2D eigenvalue weighted by Crippen LogP contribution is 2.28. The molecule has 0 aromatic heterocycles. The van der Waals surface area contributed by atoms with Crippen molar-refractivity contribution in [2.24, 2.45) is 0 Å². The van der Waals surface area contributed by atoms with Crippen LogP contribution in [0.4, 0.5) is 0 Å². The van der Waals surface area contributed by atoms with Crippen LogP contribution in [0.25, 0.3) is 0 Å². The first-order chi connectivity index (χ1) is 10.5. The standard InChI is InChI=1S/C19H29NO2/c1-4-19(2,3)15-10-12-17(13-11-15)22-14-18(21)20-16-8-6-5-7-9-16/h10-13,16H,4-9,14H2,1-3H3,(H,20,21). The van der Waals surface area contributed by atoms with Crippen molar-refractivity contribution in [1.29, 1.82) is 0 Å². The summed E-state index contributed by atoms with van der Waals surface area (Å²) >= 11 is 0. The zero-order valence-corrected chi connectivity index (χ0v) is 14.2. The van der Waals surface area contributed by atoms with E-state index in [0.29, 0.717) is 6.04 Å². The van der Waals surface area contributed by atoms with E-state index in [9.17, 15) is 4.79 Å². The van der Waals surface area contributed by atoms with Gasteiger partial charge in [0.15, 0.2) is 6.61 Å². The van der Waals surface area contributed by atoms with E-state index >= 15 is 0 Å². The molecule has 0 saturated heterocycles. The summed E-state index contributed by atoms with van der Waals surface area (Å²) in [4.78, 5) is 11.9. The molecule has 3 nitrogen and oxygen atoms in total. The van der Waals surface area contributed by atoms with Gasteiger partial charge in [-0.3, -0.25) is 4.79 Å². The predicted molar refractivity (Wildman–Crippen MR) is 90.3 cm³/mol. The number of hydrogen-bond donors (Lipinski definition) is 1. The van der Waals surface area contributed by atoms with E-state index in [-0.39, 0.29) is 17.9 Å². The SMILES string of the molecule is CCC(C)(C)c1ccc(OCC(=O)NC2CCCCC2)cc1. The van der Waals surface area contributed by atoms with Crippen molar-refractivity contribution in [1.82, 2.24) is 5.32 Å². The Morgan fingerprint density at radius 1 is 1.18 bits per heavy atom. The van der Waals surface area contributed by atoms with Crippen LogP contribution in [-0.2, 0) is 10.2 Å². The summed E-state index contributed by atoms with van der Waals surface area (Å²) in [6, 6.07) is 8.45. The van der Waals surface area contributed by atoms with Crippen LogP contribution >= 0.6 is 0 Å². The Morgan fingerprint density at radius 3 is 2.41 bits per heavy atom. The van der Waals surface area contributed by atoms with Gasteiger partial charge in [0.1, 0.15) is 5.75 Å². The lowest BCUT2D eigenvalue weighted by molar-refractivity contribution is -0.124. The van der Waals surface area contributed by atoms with Gasteiger partial charge in [0.2, 0.25) is 0 Å². The number of carbonyl (C=O) groups is 1. The Kier molecular flexibility index (Phi) is 5.87. The van der Waals surface area contributed by atoms with Crippen molar-refractivity contribution in [3.8, 4) is 5.75 Å². The quantitative estimate of drug-likeness (QED) is 0.855. The summed E-state index contributed by atoms with van der Waals surface area (Å²) in [7, 11) is 0. The molecule has 1 aliphatic carbocycles. The maximum Gasteiger partial charge on any atom is 0.258 e. The molecular weight excluding hydrogens is 274 g/mol. The molecule has 2 rings (SSSR count).